The van der Waals surface area contributed by atoms with Gasteiger partial charge in [-0.2, -0.15) is 0 Å². The van der Waals surface area contributed by atoms with E-state index in [1.165, 1.54) is 6.07 Å². The maximum absolute atomic E-state index is 11.0. The fourth-order valence-electron chi connectivity index (χ4n) is 2.25. The van der Waals surface area contributed by atoms with Crippen molar-refractivity contribution in [1.82, 2.24) is 4.57 Å². The smallest absolute Gasteiger partial charge is 0.352 e. The minimum Gasteiger partial charge on any atom is -0.477 e. The Morgan fingerprint density at radius 1 is 1.60 bits per heavy atom. The number of carboxylic acid groups (broad SMARTS) is 1. The molecule has 4 heteroatoms. The van der Waals surface area contributed by atoms with Crippen LogP contribution in [-0.4, -0.2) is 15.6 Å². The molecule has 1 heterocycles. The van der Waals surface area contributed by atoms with Crippen LogP contribution in [0.25, 0.3) is 0 Å². The molecule has 1 aliphatic rings. The first kappa shape index (κ1) is 10.6. The van der Waals surface area contributed by atoms with Gasteiger partial charge >= 0.3 is 5.97 Å². The number of hydrogen-bond donors (Lipinski definition) is 1. The van der Waals surface area contributed by atoms with Crippen molar-refractivity contribution in [3.63, 3.8) is 0 Å². The van der Waals surface area contributed by atoms with E-state index in [0.29, 0.717) is 28.6 Å². The Hall–Kier alpha value is -0.960. The molecular weight excluding hydrogens is 214 g/mol. The molecule has 1 aliphatic carbocycles. The van der Waals surface area contributed by atoms with Gasteiger partial charge in [0.25, 0.3) is 0 Å². The Labute approximate surface area is 93.7 Å². The Balaban J connectivity index is 2.32. The SMILES string of the molecule is CC1CC(n2cc(Cl)cc2C(=O)O)C1C. The summed E-state index contributed by atoms with van der Waals surface area (Å²) in [6.45, 7) is 4.34. The second-order valence-corrected chi connectivity index (χ2v) is 4.83. The molecule has 1 fully saturated rings. The van der Waals surface area contributed by atoms with Crippen molar-refractivity contribution in [2.75, 3.05) is 0 Å². The fraction of sp³-hybridized carbons (Fsp3) is 0.545. The molecule has 0 radical (unpaired) electrons. The van der Waals surface area contributed by atoms with E-state index in [1.807, 2.05) is 0 Å². The van der Waals surface area contributed by atoms with Crippen LogP contribution in [0.5, 0.6) is 0 Å². The van der Waals surface area contributed by atoms with E-state index >= 15 is 0 Å². The summed E-state index contributed by atoms with van der Waals surface area (Å²) in [7, 11) is 0. The van der Waals surface area contributed by atoms with Gasteiger partial charge in [0.1, 0.15) is 5.69 Å². The second kappa shape index (κ2) is 3.56. The van der Waals surface area contributed by atoms with Crippen LogP contribution in [0.2, 0.25) is 5.02 Å². The highest BCUT2D eigenvalue weighted by molar-refractivity contribution is 6.30. The first-order valence-electron chi connectivity index (χ1n) is 5.11. The summed E-state index contributed by atoms with van der Waals surface area (Å²) in [6.07, 6.45) is 2.75. The molecule has 1 aromatic rings. The van der Waals surface area contributed by atoms with Crippen molar-refractivity contribution in [2.45, 2.75) is 26.3 Å². The van der Waals surface area contributed by atoms with Crippen LogP contribution in [0.1, 0.15) is 36.8 Å². The number of aromatic carboxylic acids is 1. The van der Waals surface area contributed by atoms with E-state index in [9.17, 15) is 4.79 Å². The molecule has 0 aromatic carbocycles. The van der Waals surface area contributed by atoms with E-state index < -0.39 is 5.97 Å². The highest BCUT2D eigenvalue weighted by atomic mass is 35.5. The Bertz CT molecular complexity index is 399. The minimum absolute atomic E-state index is 0.290. The van der Waals surface area contributed by atoms with Crippen molar-refractivity contribution in [1.29, 1.82) is 0 Å². The maximum atomic E-state index is 11.0. The number of aromatic nitrogens is 1. The predicted octanol–water partition coefficient (Wildman–Crippen LogP) is 3.06. The molecular formula is C11H14ClNO2. The average Bonchev–Trinajstić information content (AvgIpc) is 2.55. The number of halogens is 1. The van der Waals surface area contributed by atoms with Gasteiger partial charge in [-0.1, -0.05) is 25.4 Å². The summed E-state index contributed by atoms with van der Waals surface area (Å²) >= 11 is 5.83. The average molecular weight is 228 g/mol. The molecule has 0 amide bonds. The molecule has 0 saturated heterocycles. The lowest BCUT2D eigenvalue weighted by molar-refractivity contribution is 0.0648. The van der Waals surface area contributed by atoms with Crippen LogP contribution in [0.3, 0.4) is 0 Å². The van der Waals surface area contributed by atoms with Crippen LogP contribution in [0, 0.1) is 11.8 Å². The summed E-state index contributed by atoms with van der Waals surface area (Å²) in [5, 5.41) is 9.52. The van der Waals surface area contributed by atoms with Crippen molar-refractivity contribution in [3.05, 3.63) is 23.0 Å². The van der Waals surface area contributed by atoms with Crippen LogP contribution < -0.4 is 0 Å². The zero-order valence-corrected chi connectivity index (χ0v) is 9.53. The largest absolute Gasteiger partial charge is 0.477 e. The van der Waals surface area contributed by atoms with E-state index in [-0.39, 0.29) is 0 Å². The maximum Gasteiger partial charge on any atom is 0.352 e. The summed E-state index contributed by atoms with van der Waals surface area (Å²) < 4.78 is 1.80. The number of rotatable bonds is 2. The summed E-state index contributed by atoms with van der Waals surface area (Å²) in [5.74, 6) is 0.276. The van der Waals surface area contributed by atoms with Gasteiger partial charge < -0.3 is 9.67 Å². The van der Waals surface area contributed by atoms with Crippen molar-refractivity contribution in [3.8, 4) is 0 Å². The lowest BCUT2D eigenvalue weighted by Crippen LogP contribution is -2.35. The lowest BCUT2D eigenvalue weighted by Gasteiger charge is -2.42. The zero-order valence-electron chi connectivity index (χ0n) is 8.77. The first-order valence-corrected chi connectivity index (χ1v) is 5.49. The minimum atomic E-state index is -0.909. The van der Waals surface area contributed by atoms with Gasteiger partial charge in [0.2, 0.25) is 0 Å². The van der Waals surface area contributed by atoms with E-state index in [2.05, 4.69) is 13.8 Å². The van der Waals surface area contributed by atoms with Crippen LogP contribution in [0.4, 0.5) is 0 Å². The number of nitrogens with zero attached hydrogens (tertiary/aromatic N) is 1. The summed E-state index contributed by atoms with van der Waals surface area (Å²) in [4.78, 5) is 11.0. The zero-order chi connectivity index (χ0) is 11.2. The van der Waals surface area contributed by atoms with E-state index in [4.69, 9.17) is 16.7 Å². The molecule has 2 rings (SSSR count). The molecule has 3 atom stereocenters. The van der Waals surface area contributed by atoms with Crippen molar-refractivity contribution >= 4 is 17.6 Å². The highest BCUT2D eigenvalue weighted by Crippen LogP contribution is 2.44. The molecule has 1 aromatic heterocycles. The van der Waals surface area contributed by atoms with Crippen LogP contribution in [0.15, 0.2) is 12.3 Å². The quantitative estimate of drug-likeness (QED) is 0.844. The molecule has 1 saturated carbocycles. The number of carboxylic acids is 1. The normalized spacial score (nSPS) is 29.9. The topological polar surface area (TPSA) is 42.2 Å². The fourth-order valence-corrected chi connectivity index (χ4v) is 2.46. The molecule has 15 heavy (non-hydrogen) atoms. The van der Waals surface area contributed by atoms with Gasteiger partial charge in [-0.3, -0.25) is 0 Å². The van der Waals surface area contributed by atoms with Crippen molar-refractivity contribution in [2.24, 2.45) is 11.8 Å². The number of carbonyl (C=O) groups is 1. The summed E-state index contributed by atoms with van der Waals surface area (Å²) in [5.41, 5.74) is 0.295. The first-order chi connectivity index (χ1) is 7.00. The molecule has 82 valence electrons. The van der Waals surface area contributed by atoms with Gasteiger partial charge in [0.15, 0.2) is 0 Å². The van der Waals surface area contributed by atoms with Gasteiger partial charge in [0.05, 0.1) is 5.02 Å². The second-order valence-electron chi connectivity index (χ2n) is 4.40. The van der Waals surface area contributed by atoms with Gasteiger partial charge in [-0.05, 0) is 24.3 Å². The summed E-state index contributed by atoms with van der Waals surface area (Å²) in [6, 6.07) is 1.80. The monoisotopic (exact) mass is 227 g/mol. The third-order valence-corrected chi connectivity index (χ3v) is 3.72. The van der Waals surface area contributed by atoms with Gasteiger partial charge in [0, 0.05) is 12.2 Å². The van der Waals surface area contributed by atoms with Gasteiger partial charge in [-0.15, -0.1) is 0 Å². The molecule has 0 bridgehead atoms. The molecule has 3 unspecified atom stereocenters. The van der Waals surface area contributed by atoms with Crippen LogP contribution in [-0.2, 0) is 0 Å². The Morgan fingerprint density at radius 3 is 2.73 bits per heavy atom. The van der Waals surface area contributed by atoms with Crippen LogP contribution >= 0.6 is 11.6 Å². The Morgan fingerprint density at radius 2 is 2.27 bits per heavy atom. The third-order valence-electron chi connectivity index (χ3n) is 3.51. The standard InChI is InChI=1S/C11H14ClNO2/c1-6-3-9(7(6)2)13-5-8(12)4-10(13)11(14)15/h4-7,9H,3H2,1-2H3,(H,14,15). The van der Waals surface area contributed by atoms with E-state index in [1.54, 1.807) is 10.8 Å². The van der Waals surface area contributed by atoms with E-state index in [0.717, 1.165) is 6.42 Å². The number of hydrogen-bond acceptors (Lipinski definition) is 1. The molecule has 0 aliphatic heterocycles. The molecule has 1 N–H and O–H groups in total. The third kappa shape index (κ3) is 1.65. The Kier molecular flexibility index (Phi) is 2.51. The molecule has 3 nitrogen and oxygen atoms in total. The molecule has 0 spiro atoms. The lowest BCUT2D eigenvalue weighted by atomic mass is 9.71. The van der Waals surface area contributed by atoms with Gasteiger partial charge in [-0.25, -0.2) is 4.79 Å². The van der Waals surface area contributed by atoms with Crippen molar-refractivity contribution < 1.29 is 9.90 Å². The predicted molar refractivity (Wildman–Crippen MR) is 58.4 cm³/mol. The highest BCUT2D eigenvalue weighted by Gasteiger charge is 2.37.